The minimum Gasteiger partial charge on any atom is -0.479 e. The lowest BCUT2D eigenvalue weighted by Gasteiger charge is -2.21. The van der Waals surface area contributed by atoms with E-state index < -0.39 is 29.7 Å². The monoisotopic (exact) mass is 568 g/mol. The Morgan fingerprint density at radius 2 is 1.74 bits per heavy atom. The third kappa shape index (κ3) is 6.03. The van der Waals surface area contributed by atoms with Gasteiger partial charge in [0.1, 0.15) is 5.76 Å². The number of carbonyl (C=O) groups is 2. The number of para-hydroxylation sites is 1. The molecule has 0 radical (unpaired) electrons. The molecule has 0 aliphatic rings. The normalized spacial score (nSPS) is 12.5. The molecule has 0 fully saturated rings. The molecule has 12 heteroatoms. The highest BCUT2D eigenvalue weighted by atomic mass is 16.4. The summed E-state index contributed by atoms with van der Waals surface area (Å²) in [6, 6.07) is 22.2. The molecule has 2 aromatic heterocycles. The summed E-state index contributed by atoms with van der Waals surface area (Å²) < 4.78 is 7.02. The van der Waals surface area contributed by atoms with Gasteiger partial charge in [-0.25, -0.2) is 19.7 Å². The molecule has 0 saturated heterocycles. The molecular formula is C30H28N6O6. The number of aromatic nitrogens is 5. The number of carboxylic acids is 1. The first kappa shape index (κ1) is 28.2. The molecule has 0 aliphatic heterocycles. The molecule has 3 aromatic carbocycles. The van der Waals surface area contributed by atoms with E-state index in [1.54, 1.807) is 36.4 Å². The van der Waals surface area contributed by atoms with E-state index >= 15 is 0 Å². The van der Waals surface area contributed by atoms with E-state index in [2.05, 4.69) is 25.8 Å². The number of nitrogens with one attached hydrogen (secondary N) is 2. The minimum atomic E-state index is -1.87. The van der Waals surface area contributed by atoms with Gasteiger partial charge < -0.3 is 19.9 Å². The number of hydrogen-bond donors (Lipinski definition) is 4. The molecule has 42 heavy (non-hydrogen) atoms. The summed E-state index contributed by atoms with van der Waals surface area (Å²) in [6.45, 7) is 1.98. The Morgan fingerprint density at radius 3 is 2.40 bits per heavy atom. The van der Waals surface area contributed by atoms with Gasteiger partial charge in [-0.15, -0.1) is 0 Å². The van der Waals surface area contributed by atoms with Gasteiger partial charge in [-0.2, -0.15) is 4.68 Å². The van der Waals surface area contributed by atoms with E-state index in [4.69, 9.17) is 4.42 Å². The number of hydrogen-bond acceptors (Lipinski definition) is 8. The summed E-state index contributed by atoms with van der Waals surface area (Å²) in [7, 11) is 0. The van der Waals surface area contributed by atoms with Gasteiger partial charge in [0, 0.05) is 18.4 Å². The van der Waals surface area contributed by atoms with Gasteiger partial charge >= 0.3 is 17.6 Å². The van der Waals surface area contributed by atoms with Crippen LogP contribution in [-0.2, 0) is 17.6 Å². The zero-order valence-electron chi connectivity index (χ0n) is 22.6. The number of aryl methyl sites for hydroxylation is 1. The van der Waals surface area contributed by atoms with Crippen molar-refractivity contribution in [2.24, 2.45) is 0 Å². The van der Waals surface area contributed by atoms with E-state index in [0.717, 1.165) is 23.1 Å². The van der Waals surface area contributed by atoms with Gasteiger partial charge in [0.15, 0.2) is 6.10 Å². The SMILES string of the molecule is CCCc1oc(C(=O)NC(c2ccccc2)C(O)C(=O)O)nc1Cc1ccc(-c2ccccc2-n2nn[nH]c2=O)cc1. The molecular weight excluding hydrogens is 540 g/mol. The fraction of sp³-hybridized carbons (Fsp3) is 0.200. The highest BCUT2D eigenvalue weighted by Crippen LogP contribution is 2.27. The molecule has 0 bridgehead atoms. The summed E-state index contributed by atoms with van der Waals surface area (Å²) in [5.41, 5.74) is 3.72. The predicted octanol–water partition coefficient (Wildman–Crippen LogP) is 3.07. The van der Waals surface area contributed by atoms with Crippen molar-refractivity contribution in [3.8, 4) is 16.8 Å². The standard InChI is InChI=1S/C30H28N6O6/c1-2-8-24-22(31-28(42-24)27(38)32-25(26(37)29(39)40)20-9-4-3-5-10-20)17-18-13-15-19(16-14-18)21-11-6-7-12-23(21)36-30(41)33-34-35-36/h3-7,9-16,25-26,37H,2,8,17H2,1H3,(H,32,38)(H,39,40)(H,33,35,41). The fourth-order valence-electron chi connectivity index (χ4n) is 4.64. The second-order valence-corrected chi connectivity index (χ2v) is 9.59. The van der Waals surface area contributed by atoms with Crippen LogP contribution in [-0.4, -0.2) is 53.4 Å². The van der Waals surface area contributed by atoms with Crippen molar-refractivity contribution in [3.05, 3.63) is 118 Å². The second-order valence-electron chi connectivity index (χ2n) is 9.59. The van der Waals surface area contributed by atoms with Gasteiger partial charge in [0.05, 0.1) is 17.4 Å². The van der Waals surface area contributed by atoms with Crippen molar-refractivity contribution in [1.29, 1.82) is 0 Å². The lowest BCUT2D eigenvalue weighted by atomic mass is 10.00. The van der Waals surface area contributed by atoms with Crippen molar-refractivity contribution in [1.82, 2.24) is 30.5 Å². The zero-order valence-corrected chi connectivity index (χ0v) is 22.6. The van der Waals surface area contributed by atoms with Crippen LogP contribution in [0.1, 0.15) is 52.7 Å². The van der Waals surface area contributed by atoms with Gasteiger partial charge in [-0.3, -0.25) is 4.79 Å². The first-order chi connectivity index (χ1) is 20.4. The Labute approximate surface area is 239 Å². The smallest absolute Gasteiger partial charge is 0.365 e. The number of oxazole rings is 1. The molecule has 5 rings (SSSR count). The van der Waals surface area contributed by atoms with Gasteiger partial charge in [-0.1, -0.05) is 79.7 Å². The number of rotatable bonds is 11. The third-order valence-corrected chi connectivity index (χ3v) is 6.70. The van der Waals surface area contributed by atoms with Crippen molar-refractivity contribution in [2.45, 2.75) is 38.3 Å². The molecule has 2 unspecified atom stereocenters. The number of nitrogens with zero attached hydrogens (tertiary/aromatic N) is 4. The zero-order chi connectivity index (χ0) is 29.6. The molecule has 2 heterocycles. The molecule has 1 amide bonds. The van der Waals surface area contributed by atoms with Crippen LogP contribution < -0.4 is 11.0 Å². The Bertz CT molecular complexity index is 1740. The lowest BCUT2D eigenvalue weighted by Crippen LogP contribution is -2.40. The van der Waals surface area contributed by atoms with E-state index in [1.165, 1.54) is 4.68 Å². The van der Waals surface area contributed by atoms with Crippen molar-refractivity contribution >= 4 is 11.9 Å². The van der Waals surface area contributed by atoms with Crippen LogP contribution in [0.2, 0.25) is 0 Å². The van der Waals surface area contributed by atoms with Crippen LogP contribution in [0.25, 0.3) is 16.8 Å². The number of H-pyrrole nitrogens is 1. The van der Waals surface area contributed by atoms with Crippen molar-refractivity contribution in [2.75, 3.05) is 0 Å². The largest absolute Gasteiger partial charge is 0.479 e. The maximum Gasteiger partial charge on any atom is 0.365 e. The summed E-state index contributed by atoms with van der Waals surface area (Å²) in [5.74, 6) is -1.86. The average Bonchev–Trinajstić information content (AvgIpc) is 3.62. The Hall–Kier alpha value is -5.36. The van der Waals surface area contributed by atoms with Crippen molar-refractivity contribution in [3.63, 3.8) is 0 Å². The molecule has 0 aliphatic carbocycles. The number of amides is 1. The fourth-order valence-corrected chi connectivity index (χ4v) is 4.64. The van der Waals surface area contributed by atoms with Crippen molar-refractivity contribution < 1.29 is 24.2 Å². The first-order valence-corrected chi connectivity index (χ1v) is 13.3. The number of aromatic amines is 1. The summed E-state index contributed by atoms with van der Waals surface area (Å²) in [5, 5.41) is 31.9. The molecule has 0 saturated carbocycles. The van der Waals surface area contributed by atoms with Crippen LogP contribution in [0.5, 0.6) is 0 Å². The van der Waals surface area contributed by atoms with Crippen LogP contribution in [0.3, 0.4) is 0 Å². The van der Waals surface area contributed by atoms with E-state index in [1.807, 2.05) is 49.4 Å². The number of carboxylic acid groups (broad SMARTS) is 1. The number of aliphatic carboxylic acids is 1. The van der Waals surface area contributed by atoms with Crippen LogP contribution in [0.15, 0.2) is 88.1 Å². The van der Waals surface area contributed by atoms with Crippen LogP contribution >= 0.6 is 0 Å². The number of aliphatic hydroxyl groups excluding tert-OH is 1. The highest BCUT2D eigenvalue weighted by Gasteiger charge is 2.31. The summed E-state index contributed by atoms with van der Waals surface area (Å²) >= 11 is 0. The van der Waals surface area contributed by atoms with E-state index in [9.17, 15) is 24.6 Å². The Morgan fingerprint density at radius 1 is 1.02 bits per heavy atom. The minimum absolute atomic E-state index is 0.212. The highest BCUT2D eigenvalue weighted by molar-refractivity contribution is 5.90. The quantitative estimate of drug-likeness (QED) is 0.186. The molecule has 12 nitrogen and oxygen atoms in total. The van der Waals surface area contributed by atoms with Gasteiger partial charge in [0.2, 0.25) is 0 Å². The molecule has 4 N–H and O–H groups in total. The van der Waals surface area contributed by atoms with Crippen LogP contribution in [0, 0.1) is 0 Å². The molecule has 214 valence electrons. The van der Waals surface area contributed by atoms with Crippen LogP contribution in [0.4, 0.5) is 0 Å². The Kier molecular flexibility index (Phi) is 8.34. The number of tetrazole rings is 1. The predicted molar refractivity (Wildman–Crippen MR) is 151 cm³/mol. The average molecular weight is 569 g/mol. The molecule has 2 atom stereocenters. The number of aliphatic hydroxyl groups is 1. The van der Waals surface area contributed by atoms with E-state index in [-0.39, 0.29) is 5.89 Å². The second kappa shape index (κ2) is 12.4. The maximum absolute atomic E-state index is 13.1. The number of benzene rings is 3. The first-order valence-electron chi connectivity index (χ1n) is 13.3. The number of carbonyl (C=O) groups excluding carboxylic acids is 1. The van der Waals surface area contributed by atoms with Gasteiger partial charge in [0.25, 0.3) is 5.89 Å². The lowest BCUT2D eigenvalue weighted by molar-refractivity contribution is -0.148. The summed E-state index contributed by atoms with van der Waals surface area (Å²) in [4.78, 5) is 41.2. The van der Waals surface area contributed by atoms with Gasteiger partial charge in [-0.05, 0) is 39.6 Å². The topological polar surface area (TPSA) is 176 Å². The molecule has 0 spiro atoms. The summed E-state index contributed by atoms with van der Waals surface area (Å²) in [6.07, 6.45) is -0.179. The molecule has 5 aromatic rings. The maximum atomic E-state index is 13.1. The van der Waals surface area contributed by atoms with E-state index in [0.29, 0.717) is 35.5 Å². The Balaban J connectivity index is 1.38. The third-order valence-electron chi connectivity index (χ3n) is 6.70.